The Bertz CT molecular complexity index is 415. The number of benzene rings is 1. The topological polar surface area (TPSA) is 29.1 Å². The molecular formula is C14H19ClFNO. The van der Waals surface area contributed by atoms with Crippen LogP contribution < -0.4 is 5.32 Å². The van der Waals surface area contributed by atoms with Crippen molar-refractivity contribution >= 4 is 17.5 Å². The minimum Gasteiger partial charge on any atom is -0.351 e. The second-order valence-electron chi connectivity index (χ2n) is 5.58. The van der Waals surface area contributed by atoms with Gasteiger partial charge in [-0.3, -0.25) is 4.79 Å². The summed E-state index contributed by atoms with van der Waals surface area (Å²) in [5, 5.41) is 2.59. The van der Waals surface area contributed by atoms with Crippen molar-refractivity contribution in [3.05, 3.63) is 35.6 Å². The third-order valence-corrected chi connectivity index (χ3v) is 2.71. The fraction of sp³-hybridized carbons (Fsp3) is 0.500. The van der Waals surface area contributed by atoms with Gasteiger partial charge in [0.1, 0.15) is 5.82 Å². The molecule has 1 aromatic carbocycles. The molecule has 1 amide bonds. The standard InChI is InChI=1S/C14H19ClFNO/c1-14(2,3)8-11(15)9-17-13(18)10-5-4-6-12(16)7-10/h4-7,11H,8-9H2,1-3H3,(H,17,18). The number of amides is 1. The first-order valence-corrected chi connectivity index (χ1v) is 6.39. The Morgan fingerprint density at radius 3 is 2.67 bits per heavy atom. The molecule has 2 nitrogen and oxygen atoms in total. The zero-order valence-corrected chi connectivity index (χ0v) is 11.7. The van der Waals surface area contributed by atoms with Gasteiger partial charge in [0.15, 0.2) is 0 Å². The molecule has 0 radical (unpaired) electrons. The van der Waals surface area contributed by atoms with E-state index < -0.39 is 5.82 Å². The van der Waals surface area contributed by atoms with Gasteiger partial charge in [0, 0.05) is 12.1 Å². The SMILES string of the molecule is CC(C)(C)CC(Cl)CNC(=O)c1cccc(F)c1. The van der Waals surface area contributed by atoms with Crippen LogP contribution in [0.2, 0.25) is 0 Å². The summed E-state index contributed by atoms with van der Waals surface area (Å²) in [5.74, 6) is -0.714. The molecule has 0 heterocycles. The number of alkyl halides is 1. The highest BCUT2D eigenvalue weighted by Crippen LogP contribution is 2.23. The molecule has 0 saturated heterocycles. The van der Waals surface area contributed by atoms with Gasteiger partial charge >= 0.3 is 0 Å². The molecule has 1 rings (SSSR count). The van der Waals surface area contributed by atoms with Crippen LogP contribution in [0.3, 0.4) is 0 Å². The molecule has 0 aromatic heterocycles. The first-order valence-electron chi connectivity index (χ1n) is 5.96. The highest BCUT2D eigenvalue weighted by molar-refractivity contribution is 6.21. The lowest BCUT2D eigenvalue weighted by Gasteiger charge is -2.21. The van der Waals surface area contributed by atoms with Crippen LogP contribution in [-0.4, -0.2) is 17.8 Å². The molecule has 1 unspecified atom stereocenters. The van der Waals surface area contributed by atoms with E-state index in [4.69, 9.17) is 11.6 Å². The van der Waals surface area contributed by atoms with Gasteiger partial charge in [-0.25, -0.2) is 4.39 Å². The fourth-order valence-corrected chi connectivity index (χ4v) is 2.21. The second-order valence-corrected chi connectivity index (χ2v) is 6.20. The van der Waals surface area contributed by atoms with Crippen LogP contribution in [0.1, 0.15) is 37.6 Å². The Morgan fingerprint density at radius 1 is 1.44 bits per heavy atom. The average Bonchev–Trinajstić information content (AvgIpc) is 2.23. The Hall–Kier alpha value is -1.09. The van der Waals surface area contributed by atoms with Crippen molar-refractivity contribution in [2.24, 2.45) is 5.41 Å². The molecule has 0 fully saturated rings. The highest BCUT2D eigenvalue weighted by Gasteiger charge is 2.17. The fourth-order valence-electron chi connectivity index (χ4n) is 1.67. The first kappa shape index (κ1) is 15.0. The van der Waals surface area contributed by atoms with Gasteiger partial charge in [-0.2, -0.15) is 0 Å². The van der Waals surface area contributed by atoms with E-state index in [0.717, 1.165) is 6.42 Å². The number of rotatable bonds is 4. The first-order chi connectivity index (χ1) is 8.28. The summed E-state index contributed by atoms with van der Waals surface area (Å²) >= 11 is 6.14. The quantitative estimate of drug-likeness (QED) is 0.833. The summed E-state index contributed by atoms with van der Waals surface area (Å²) in [7, 11) is 0. The molecule has 1 N–H and O–H groups in total. The van der Waals surface area contributed by atoms with Gasteiger partial charge in [0.05, 0.1) is 5.38 Å². The predicted octanol–water partition coefficient (Wildman–Crippen LogP) is 3.60. The zero-order valence-electron chi connectivity index (χ0n) is 11.0. The highest BCUT2D eigenvalue weighted by atomic mass is 35.5. The molecule has 18 heavy (non-hydrogen) atoms. The maximum atomic E-state index is 12.9. The number of carbonyl (C=O) groups is 1. The Kier molecular flexibility index (Phi) is 5.15. The van der Waals surface area contributed by atoms with Gasteiger partial charge in [0.25, 0.3) is 5.91 Å². The molecule has 1 atom stereocenters. The summed E-state index contributed by atoms with van der Waals surface area (Å²) in [6, 6.07) is 5.60. The lowest BCUT2D eigenvalue weighted by molar-refractivity contribution is 0.0951. The van der Waals surface area contributed by atoms with E-state index in [1.54, 1.807) is 6.07 Å². The largest absolute Gasteiger partial charge is 0.351 e. The van der Waals surface area contributed by atoms with Crippen LogP contribution >= 0.6 is 11.6 Å². The maximum Gasteiger partial charge on any atom is 0.251 e. The van der Waals surface area contributed by atoms with E-state index in [0.29, 0.717) is 12.1 Å². The summed E-state index contributed by atoms with van der Waals surface area (Å²) in [5.41, 5.74) is 0.435. The predicted molar refractivity (Wildman–Crippen MR) is 72.4 cm³/mol. The van der Waals surface area contributed by atoms with Crippen molar-refractivity contribution in [2.75, 3.05) is 6.54 Å². The molecule has 0 saturated carbocycles. The molecule has 0 aliphatic rings. The molecule has 4 heteroatoms. The number of hydrogen-bond donors (Lipinski definition) is 1. The third kappa shape index (κ3) is 5.50. The Balaban J connectivity index is 2.47. The molecule has 100 valence electrons. The molecule has 0 spiro atoms. The molecule has 1 aromatic rings. The number of halogens is 2. The van der Waals surface area contributed by atoms with Crippen LogP contribution in [0.5, 0.6) is 0 Å². The van der Waals surface area contributed by atoms with E-state index in [-0.39, 0.29) is 16.7 Å². The summed E-state index contributed by atoms with van der Waals surface area (Å²) in [6.45, 7) is 6.67. The van der Waals surface area contributed by atoms with Gasteiger partial charge < -0.3 is 5.32 Å². The van der Waals surface area contributed by atoms with E-state index in [1.165, 1.54) is 18.2 Å². The molecule has 0 aliphatic heterocycles. The van der Waals surface area contributed by atoms with Gasteiger partial charge in [-0.15, -0.1) is 11.6 Å². The van der Waals surface area contributed by atoms with Crippen LogP contribution in [0.4, 0.5) is 4.39 Å². The minimum atomic E-state index is -0.417. The van der Waals surface area contributed by atoms with Crippen LogP contribution in [0.15, 0.2) is 24.3 Å². The third-order valence-electron chi connectivity index (χ3n) is 2.40. The van der Waals surface area contributed by atoms with Crippen molar-refractivity contribution in [3.8, 4) is 0 Å². The van der Waals surface area contributed by atoms with Crippen LogP contribution in [0.25, 0.3) is 0 Å². The second kappa shape index (κ2) is 6.19. The monoisotopic (exact) mass is 271 g/mol. The van der Waals surface area contributed by atoms with E-state index in [9.17, 15) is 9.18 Å². The number of hydrogen-bond acceptors (Lipinski definition) is 1. The van der Waals surface area contributed by atoms with Crippen molar-refractivity contribution in [1.29, 1.82) is 0 Å². The average molecular weight is 272 g/mol. The van der Waals surface area contributed by atoms with Crippen molar-refractivity contribution in [2.45, 2.75) is 32.6 Å². The van der Waals surface area contributed by atoms with E-state index in [2.05, 4.69) is 26.1 Å². The smallest absolute Gasteiger partial charge is 0.251 e. The summed E-state index contributed by atoms with van der Waals surface area (Å²) in [6.07, 6.45) is 0.804. The van der Waals surface area contributed by atoms with Crippen molar-refractivity contribution < 1.29 is 9.18 Å². The Labute approximate surface area is 113 Å². The molecule has 0 aliphatic carbocycles. The maximum absolute atomic E-state index is 12.9. The minimum absolute atomic E-state index is 0.121. The van der Waals surface area contributed by atoms with Gasteiger partial charge in [-0.05, 0) is 30.0 Å². The van der Waals surface area contributed by atoms with Gasteiger partial charge in [0.2, 0.25) is 0 Å². The normalized spacial score (nSPS) is 13.2. The number of carbonyl (C=O) groups excluding carboxylic acids is 1. The lowest BCUT2D eigenvalue weighted by Crippen LogP contribution is -2.31. The Morgan fingerprint density at radius 2 is 2.11 bits per heavy atom. The van der Waals surface area contributed by atoms with E-state index >= 15 is 0 Å². The van der Waals surface area contributed by atoms with Crippen molar-refractivity contribution in [3.63, 3.8) is 0 Å². The van der Waals surface area contributed by atoms with Crippen LogP contribution in [-0.2, 0) is 0 Å². The zero-order chi connectivity index (χ0) is 13.8. The lowest BCUT2D eigenvalue weighted by atomic mass is 9.90. The summed E-state index contributed by atoms with van der Waals surface area (Å²) in [4.78, 5) is 11.7. The van der Waals surface area contributed by atoms with Crippen LogP contribution in [0, 0.1) is 11.2 Å². The van der Waals surface area contributed by atoms with E-state index in [1.807, 2.05) is 0 Å². The number of nitrogens with one attached hydrogen (secondary N) is 1. The molecule has 0 bridgehead atoms. The van der Waals surface area contributed by atoms with Crippen molar-refractivity contribution in [1.82, 2.24) is 5.32 Å². The van der Waals surface area contributed by atoms with Gasteiger partial charge in [-0.1, -0.05) is 26.8 Å². The molecular weight excluding hydrogens is 253 g/mol. The summed E-state index contributed by atoms with van der Waals surface area (Å²) < 4.78 is 12.9.